The Morgan fingerprint density at radius 2 is 2.14 bits per heavy atom. The van der Waals surface area contributed by atoms with Crippen molar-refractivity contribution < 1.29 is 22.7 Å². The molecule has 4 nitrogen and oxygen atoms in total. The Bertz CT molecular complexity index is 673. The first-order valence-electron chi connectivity index (χ1n) is 5.85. The van der Waals surface area contributed by atoms with E-state index in [2.05, 4.69) is 36.8 Å². The molecule has 0 bridgehead atoms. The van der Waals surface area contributed by atoms with Gasteiger partial charge in [-0.1, -0.05) is 15.9 Å². The molecule has 0 fully saturated rings. The Morgan fingerprint density at radius 3 is 2.71 bits per heavy atom. The number of oxazole rings is 1. The minimum Gasteiger partial charge on any atom is -0.460 e. The second-order valence-corrected chi connectivity index (χ2v) is 5.65. The monoisotopic (exact) mass is 423 g/mol. The summed E-state index contributed by atoms with van der Waals surface area (Å²) in [5.41, 5.74) is -0.270. The van der Waals surface area contributed by atoms with Gasteiger partial charge >= 0.3 is 5.97 Å². The summed E-state index contributed by atoms with van der Waals surface area (Å²) in [5.74, 6) is -1.61. The zero-order valence-corrected chi connectivity index (χ0v) is 13.9. The third kappa shape index (κ3) is 3.49. The molecule has 112 valence electrons. The van der Waals surface area contributed by atoms with Gasteiger partial charge in [0.25, 0.3) is 6.43 Å². The zero-order chi connectivity index (χ0) is 15.6. The molecule has 21 heavy (non-hydrogen) atoms. The number of halogens is 4. The maximum Gasteiger partial charge on any atom is 0.376 e. The van der Waals surface area contributed by atoms with Crippen LogP contribution in [0.2, 0.25) is 0 Å². The van der Waals surface area contributed by atoms with E-state index >= 15 is 0 Å². The number of carbonyl (C=O) groups excluding carboxylic acids is 1. The van der Waals surface area contributed by atoms with Gasteiger partial charge in [-0.15, -0.1) is 0 Å². The van der Waals surface area contributed by atoms with E-state index in [4.69, 9.17) is 9.15 Å². The molecule has 0 amide bonds. The topological polar surface area (TPSA) is 52.3 Å². The Labute approximate surface area is 135 Å². The van der Waals surface area contributed by atoms with Gasteiger partial charge < -0.3 is 9.15 Å². The number of esters is 1. The summed E-state index contributed by atoms with van der Waals surface area (Å²) in [6, 6.07) is 5.05. The molecule has 2 rings (SSSR count). The van der Waals surface area contributed by atoms with Crippen LogP contribution in [-0.2, 0) is 4.74 Å². The van der Waals surface area contributed by atoms with Gasteiger partial charge in [-0.3, -0.25) is 0 Å². The first-order valence-corrected chi connectivity index (χ1v) is 7.44. The summed E-state index contributed by atoms with van der Waals surface area (Å²) < 4.78 is 37.2. The highest BCUT2D eigenvalue weighted by atomic mass is 79.9. The van der Waals surface area contributed by atoms with E-state index in [1.165, 1.54) is 0 Å². The smallest absolute Gasteiger partial charge is 0.376 e. The zero-order valence-electron chi connectivity index (χ0n) is 10.7. The van der Waals surface area contributed by atoms with Crippen LogP contribution in [0.15, 0.2) is 31.6 Å². The fraction of sp³-hybridized carbons (Fsp3) is 0.231. The number of hydrogen-bond donors (Lipinski definition) is 0. The van der Waals surface area contributed by atoms with Crippen LogP contribution in [0.4, 0.5) is 8.78 Å². The number of nitrogens with zero attached hydrogens (tertiary/aromatic N) is 1. The Hall–Kier alpha value is -1.28. The quantitative estimate of drug-likeness (QED) is 0.649. The van der Waals surface area contributed by atoms with Crippen molar-refractivity contribution in [3.05, 3.63) is 38.6 Å². The largest absolute Gasteiger partial charge is 0.460 e. The lowest BCUT2D eigenvalue weighted by molar-refractivity contribution is 0.0476. The van der Waals surface area contributed by atoms with Crippen LogP contribution in [0.5, 0.6) is 0 Å². The van der Waals surface area contributed by atoms with Gasteiger partial charge in [0.1, 0.15) is 0 Å². The number of alkyl halides is 2. The van der Waals surface area contributed by atoms with Crippen LogP contribution in [0, 0.1) is 0 Å². The van der Waals surface area contributed by atoms with Crippen molar-refractivity contribution in [1.29, 1.82) is 0 Å². The number of aromatic nitrogens is 1. The molecule has 0 atom stereocenters. The van der Waals surface area contributed by atoms with Gasteiger partial charge in [-0.05, 0) is 41.1 Å². The van der Waals surface area contributed by atoms with E-state index in [0.717, 1.165) is 4.47 Å². The highest BCUT2D eigenvalue weighted by molar-refractivity contribution is 9.11. The second kappa shape index (κ2) is 6.65. The Kier molecular flexibility index (Phi) is 5.10. The van der Waals surface area contributed by atoms with Gasteiger partial charge in [0, 0.05) is 8.95 Å². The van der Waals surface area contributed by atoms with Gasteiger partial charge in [-0.25, -0.2) is 18.6 Å². The van der Waals surface area contributed by atoms with Crippen molar-refractivity contribution in [3.8, 4) is 11.5 Å². The lowest BCUT2D eigenvalue weighted by Crippen LogP contribution is -2.06. The molecule has 0 aliphatic rings. The fourth-order valence-corrected chi connectivity index (χ4v) is 2.82. The maximum absolute atomic E-state index is 13.0. The van der Waals surface area contributed by atoms with Crippen molar-refractivity contribution in [3.63, 3.8) is 0 Å². The van der Waals surface area contributed by atoms with Crippen LogP contribution >= 0.6 is 31.9 Å². The molecule has 0 spiro atoms. The number of ether oxygens (including phenoxy) is 1. The molecule has 8 heteroatoms. The number of carbonyl (C=O) groups is 1. The van der Waals surface area contributed by atoms with Crippen LogP contribution < -0.4 is 0 Å². The Morgan fingerprint density at radius 1 is 1.43 bits per heavy atom. The van der Waals surface area contributed by atoms with E-state index in [0.29, 0.717) is 10.0 Å². The van der Waals surface area contributed by atoms with Gasteiger partial charge in [-0.2, -0.15) is 0 Å². The second-order valence-electron chi connectivity index (χ2n) is 3.88. The third-order valence-corrected chi connectivity index (χ3v) is 3.63. The van der Waals surface area contributed by atoms with Gasteiger partial charge in [0.2, 0.25) is 11.7 Å². The number of hydrogen-bond acceptors (Lipinski definition) is 4. The minimum absolute atomic E-state index is 0.0551. The molecule has 1 aromatic carbocycles. The van der Waals surface area contributed by atoms with Crippen molar-refractivity contribution in [1.82, 2.24) is 4.98 Å². The van der Waals surface area contributed by atoms with Crippen LogP contribution in [0.25, 0.3) is 11.5 Å². The Balaban J connectivity index is 2.51. The number of rotatable bonds is 4. The van der Waals surface area contributed by atoms with Crippen LogP contribution in [0.1, 0.15) is 29.6 Å². The molecular formula is C13H9Br2F2NO3. The molecule has 1 heterocycles. The standard InChI is InChI=1S/C13H9Br2F2NO3/c1-2-20-13(19)10-9(11(16)17)18-12(21-10)7-4-3-6(14)5-8(7)15/h3-5,11H,2H2,1H3. The highest BCUT2D eigenvalue weighted by Gasteiger charge is 2.28. The predicted octanol–water partition coefficient (Wildman–Crippen LogP) is 4.98. The summed E-state index contributed by atoms with van der Waals surface area (Å²) in [6.07, 6.45) is -2.93. The van der Waals surface area contributed by atoms with E-state index in [1.807, 2.05) is 0 Å². The molecule has 0 saturated heterocycles. The lowest BCUT2D eigenvalue weighted by atomic mass is 10.2. The lowest BCUT2D eigenvalue weighted by Gasteiger charge is -2.00. The SMILES string of the molecule is CCOC(=O)c1oc(-c2ccc(Br)cc2Br)nc1C(F)F. The van der Waals surface area contributed by atoms with Crippen LogP contribution in [-0.4, -0.2) is 17.6 Å². The van der Waals surface area contributed by atoms with Crippen LogP contribution in [0.3, 0.4) is 0 Å². The first-order chi connectivity index (χ1) is 9.93. The average Bonchev–Trinajstić information content (AvgIpc) is 2.84. The average molecular weight is 425 g/mol. The molecular weight excluding hydrogens is 416 g/mol. The van der Waals surface area contributed by atoms with E-state index in [1.54, 1.807) is 25.1 Å². The van der Waals surface area contributed by atoms with Gasteiger partial charge in [0.05, 0.1) is 12.2 Å². The molecule has 0 N–H and O–H groups in total. The first kappa shape index (κ1) is 16.1. The predicted molar refractivity (Wildman–Crippen MR) is 78.3 cm³/mol. The molecule has 0 radical (unpaired) electrons. The summed E-state index contributed by atoms with van der Waals surface area (Å²) in [4.78, 5) is 15.4. The summed E-state index contributed by atoms with van der Waals surface area (Å²) in [7, 11) is 0. The molecule has 0 saturated carbocycles. The summed E-state index contributed by atoms with van der Waals surface area (Å²) in [6.45, 7) is 1.63. The van der Waals surface area contributed by atoms with Gasteiger partial charge in [0.15, 0.2) is 5.69 Å². The van der Waals surface area contributed by atoms with E-state index < -0.39 is 23.8 Å². The highest BCUT2D eigenvalue weighted by Crippen LogP contribution is 2.34. The third-order valence-electron chi connectivity index (χ3n) is 2.48. The van der Waals surface area contributed by atoms with Crippen molar-refractivity contribution in [2.24, 2.45) is 0 Å². The molecule has 0 aliphatic heterocycles. The van der Waals surface area contributed by atoms with E-state index in [9.17, 15) is 13.6 Å². The fourth-order valence-electron chi connectivity index (χ4n) is 1.60. The maximum atomic E-state index is 13.0. The number of benzene rings is 1. The molecule has 0 aliphatic carbocycles. The molecule has 2 aromatic rings. The van der Waals surface area contributed by atoms with Crippen molar-refractivity contribution >= 4 is 37.8 Å². The summed E-state index contributed by atoms with van der Waals surface area (Å²) >= 11 is 6.57. The summed E-state index contributed by atoms with van der Waals surface area (Å²) in [5, 5.41) is 0. The van der Waals surface area contributed by atoms with E-state index in [-0.39, 0.29) is 12.5 Å². The van der Waals surface area contributed by atoms with Crippen molar-refractivity contribution in [2.75, 3.05) is 6.61 Å². The molecule has 0 unspecified atom stereocenters. The normalized spacial score (nSPS) is 11.0. The minimum atomic E-state index is -2.93. The molecule has 1 aromatic heterocycles. The van der Waals surface area contributed by atoms with Crippen molar-refractivity contribution in [2.45, 2.75) is 13.3 Å².